The van der Waals surface area contributed by atoms with Crippen molar-refractivity contribution >= 4 is 42.2 Å². The molecule has 0 N–H and O–H groups in total. The number of rotatable bonds is 13. The van der Waals surface area contributed by atoms with E-state index in [-0.39, 0.29) is 29.7 Å². The zero-order valence-electron chi connectivity index (χ0n) is 25.1. The lowest BCUT2D eigenvalue weighted by molar-refractivity contribution is -0.0398. The molecule has 1 saturated heterocycles. The van der Waals surface area contributed by atoms with E-state index in [0.29, 0.717) is 0 Å². The van der Waals surface area contributed by atoms with Crippen molar-refractivity contribution in [1.29, 1.82) is 0 Å². The molecule has 14 heteroatoms. The summed E-state index contributed by atoms with van der Waals surface area (Å²) < 4.78 is 75.3. The summed E-state index contributed by atoms with van der Waals surface area (Å²) in [4.78, 5) is 0. The Morgan fingerprint density at radius 2 is 1.43 bits per heavy atom. The van der Waals surface area contributed by atoms with Gasteiger partial charge in [-0.2, -0.15) is 8.42 Å². The summed E-state index contributed by atoms with van der Waals surface area (Å²) in [6, 6.07) is -0.822. The monoisotopic (exact) mass is 600 g/mol. The second-order valence-corrected chi connectivity index (χ2v) is 25.9. The van der Waals surface area contributed by atoms with Crippen LogP contribution in [-0.4, -0.2) is 82.5 Å². The van der Waals surface area contributed by atoms with E-state index in [4.69, 9.17) is 34.7 Å². The number of hydrogen-bond acceptors (Lipinski definition) is 9. The van der Waals surface area contributed by atoms with Crippen molar-refractivity contribution in [3.05, 3.63) is 0 Å². The van der Waals surface area contributed by atoms with Crippen molar-refractivity contribution < 1.29 is 39.8 Å². The van der Waals surface area contributed by atoms with E-state index in [9.17, 15) is 13.0 Å². The van der Waals surface area contributed by atoms with Crippen LogP contribution in [0.1, 0.15) is 61.8 Å². The maximum absolute atomic E-state index is 14.2. The van der Waals surface area contributed by atoms with Crippen LogP contribution in [0.3, 0.4) is 0 Å². The quantitative estimate of drug-likeness (QED) is 0.151. The molecule has 2 radical (unpaired) electrons. The highest BCUT2D eigenvalue weighted by Gasteiger charge is 2.55. The molecular weight excluding hydrogens is 550 g/mol. The smallest absolute Gasteiger partial charge is 0.360 e. The van der Waals surface area contributed by atoms with Gasteiger partial charge in [-0.15, -0.1) is 0 Å². The van der Waals surface area contributed by atoms with Gasteiger partial charge in [-0.05, 0) is 50.1 Å². The first-order valence-corrected chi connectivity index (χ1v) is 22.2. The van der Waals surface area contributed by atoms with Crippen LogP contribution < -0.4 is 0 Å². The third-order valence-electron chi connectivity index (χ3n) is 7.50. The van der Waals surface area contributed by atoms with E-state index < -0.39 is 64.5 Å². The van der Waals surface area contributed by atoms with E-state index in [0.717, 1.165) is 6.26 Å². The highest BCUT2D eigenvalue weighted by molar-refractivity contribution is 7.86. The molecule has 5 atom stereocenters. The molecule has 0 aliphatic carbocycles. The molecule has 0 aromatic rings. The van der Waals surface area contributed by atoms with E-state index in [2.05, 4.69) is 33.9 Å². The van der Waals surface area contributed by atoms with Gasteiger partial charge in [-0.3, -0.25) is 8.75 Å². The normalized spacial score (nSPS) is 24.3. The Morgan fingerprint density at radius 3 is 1.81 bits per heavy atom. The van der Waals surface area contributed by atoms with Crippen LogP contribution in [-0.2, 0) is 41.5 Å². The van der Waals surface area contributed by atoms with Crippen LogP contribution in [0.25, 0.3) is 0 Å². The highest BCUT2D eigenvalue weighted by atomic mass is 32.2. The number of ether oxygens (including phenoxy) is 1. The van der Waals surface area contributed by atoms with Crippen LogP contribution in [0.2, 0.25) is 36.3 Å². The maximum atomic E-state index is 14.2. The maximum Gasteiger partial charge on any atom is 0.360 e. The van der Waals surface area contributed by atoms with E-state index in [1.54, 1.807) is 13.8 Å². The lowest BCUT2D eigenvalue weighted by Gasteiger charge is -2.43. The molecule has 1 heterocycles. The van der Waals surface area contributed by atoms with Gasteiger partial charge in [0.2, 0.25) is 0 Å². The van der Waals surface area contributed by atoms with Crippen LogP contribution in [0.5, 0.6) is 0 Å². The SMILES string of the molecule is [B][C@@H]1O[C@H](C(OS(C)(=O)=O)C(O[Si](C)(C)C(C)(C)C)P(=O)(OCC)OCC)CC1O[Si](C)(C)C(C)(C)C. The van der Waals surface area contributed by atoms with Gasteiger partial charge in [0.15, 0.2) is 22.5 Å². The average Bonchev–Trinajstić information content (AvgIpc) is 3.02. The Labute approximate surface area is 229 Å². The van der Waals surface area contributed by atoms with E-state index in [1.807, 2.05) is 33.9 Å². The molecule has 0 aromatic heterocycles. The standard InChI is InChI=1S/C23H50BO9PSSi2/c1-14-28-34(25,29-15-2)21(33-37(12,13)23(6,7)8)19(31-35(9,26)27)17-16-18(20(24)30-17)32-36(10,11)22(3,4)5/h17-21H,14-16H2,1-13H3/t17-,18?,19?,20+,21?/m0/s1. The molecule has 0 saturated carbocycles. The highest BCUT2D eigenvalue weighted by Crippen LogP contribution is 2.58. The second kappa shape index (κ2) is 12.5. The summed E-state index contributed by atoms with van der Waals surface area (Å²) in [5.41, 5.74) is 0. The molecule has 1 rings (SSSR count). The van der Waals surface area contributed by atoms with Gasteiger partial charge in [0.1, 0.15) is 14.0 Å². The second-order valence-electron chi connectivity index (χ2n) is 12.7. The van der Waals surface area contributed by atoms with Crippen molar-refractivity contribution in [3.63, 3.8) is 0 Å². The van der Waals surface area contributed by atoms with Crippen LogP contribution in [0.15, 0.2) is 0 Å². The molecule has 9 nitrogen and oxygen atoms in total. The summed E-state index contributed by atoms with van der Waals surface area (Å²) in [6.07, 6.45) is -1.53. The van der Waals surface area contributed by atoms with E-state index >= 15 is 0 Å². The Bertz CT molecular complexity index is 893. The molecule has 1 aliphatic heterocycles. The van der Waals surface area contributed by atoms with Gasteiger partial charge in [-0.1, -0.05) is 41.5 Å². The molecular formula is C23H50BO9PSSi2. The first-order chi connectivity index (χ1) is 16.4. The average molecular weight is 601 g/mol. The molecule has 0 bridgehead atoms. The predicted molar refractivity (Wildman–Crippen MR) is 154 cm³/mol. The van der Waals surface area contributed by atoms with E-state index in [1.165, 1.54) is 0 Å². The van der Waals surface area contributed by atoms with Crippen LogP contribution in [0.4, 0.5) is 0 Å². The Balaban J connectivity index is 3.60. The van der Waals surface area contributed by atoms with Crippen molar-refractivity contribution in [1.82, 2.24) is 0 Å². The lowest BCUT2D eigenvalue weighted by atomic mass is 9.94. The van der Waals surface area contributed by atoms with Crippen molar-refractivity contribution in [3.8, 4) is 0 Å². The molecule has 0 spiro atoms. The minimum atomic E-state index is -4.03. The predicted octanol–water partition coefficient (Wildman–Crippen LogP) is 5.62. The molecule has 3 unspecified atom stereocenters. The minimum Gasteiger partial charge on any atom is -0.412 e. The van der Waals surface area contributed by atoms with Crippen molar-refractivity contribution in [2.24, 2.45) is 0 Å². The zero-order chi connectivity index (χ0) is 29.3. The summed E-state index contributed by atoms with van der Waals surface area (Å²) in [5, 5.41) is -0.355. The molecule has 0 amide bonds. The van der Waals surface area contributed by atoms with Gasteiger partial charge in [0.25, 0.3) is 10.1 Å². The third-order valence-corrected chi connectivity index (χ3v) is 19.5. The summed E-state index contributed by atoms with van der Waals surface area (Å²) >= 11 is 0. The lowest BCUT2D eigenvalue weighted by Crippen LogP contribution is -2.51. The fourth-order valence-electron chi connectivity index (χ4n) is 3.42. The minimum absolute atomic E-state index is 0.0684. The Morgan fingerprint density at radius 1 is 0.973 bits per heavy atom. The summed E-state index contributed by atoms with van der Waals surface area (Å²) in [6.45, 7) is 24.1. The summed E-state index contributed by atoms with van der Waals surface area (Å²) in [7, 11) is -6.57. The Hall–Kier alpha value is 0.439. The molecule has 37 heavy (non-hydrogen) atoms. The first-order valence-electron chi connectivity index (χ1n) is 12.9. The van der Waals surface area contributed by atoms with Crippen molar-refractivity contribution in [2.45, 2.75) is 128 Å². The molecule has 1 aliphatic rings. The van der Waals surface area contributed by atoms with Gasteiger partial charge in [0.05, 0.1) is 31.7 Å². The van der Waals surface area contributed by atoms with Crippen molar-refractivity contribution in [2.75, 3.05) is 19.5 Å². The summed E-state index contributed by atoms with van der Waals surface area (Å²) in [5.74, 6) is -1.35. The Kier molecular flexibility index (Phi) is 12.0. The topological polar surface area (TPSA) is 107 Å². The van der Waals surface area contributed by atoms with Gasteiger partial charge < -0.3 is 22.6 Å². The van der Waals surface area contributed by atoms with Crippen LogP contribution >= 0.6 is 7.60 Å². The zero-order valence-corrected chi connectivity index (χ0v) is 28.8. The molecule has 0 aromatic carbocycles. The fourth-order valence-corrected chi connectivity index (χ4v) is 9.57. The largest absolute Gasteiger partial charge is 0.412 e. The first kappa shape index (κ1) is 35.5. The molecule has 218 valence electrons. The van der Waals surface area contributed by atoms with Gasteiger partial charge >= 0.3 is 7.60 Å². The van der Waals surface area contributed by atoms with Gasteiger partial charge in [-0.25, -0.2) is 0 Å². The molecule has 1 fully saturated rings. The fraction of sp³-hybridized carbons (Fsp3) is 1.00. The third kappa shape index (κ3) is 9.50. The van der Waals surface area contributed by atoms with Gasteiger partial charge in [0, 0.05) is 12.4 Å². The number of hydrogen-bond donors (Lipinski definition) is 0. The van der Waals surface area contributed by atoms with Crippen LogP contribution in [0, 0.1) is 0 Å².